The second-order valence-corrected chi connectivity index (χ2v) is 17.2. The van der Waals surface area contributed by atoms with Gasteiger partial charge in [-0.15, -0.1) is 0 Å². The normalized spacial score (nSPS) is 18.1. The molecular weight excluding hydrogens is 797 g/mol. The number of nitrogens with zero attached hydrogens (tertiary/aromatic N) is 7. The number of hydrogen-bond acceptors (Lipinski definition) is 14. The quantitative estimate of drug-likeness (QED) is 0.0928. The molecule has 0 bridgehead atoms. The SMILES string of the molecule is CC(=O)c1c(C)c2cnc(Nc3ccc(N4CCN(C(=O)CCOCCOCCNc5cccc(C(=O)NC6=NC(C)C(C)S6)c5C)CC4)cn3)nc2n(C2CCCC2)c1=O. The first-order chi connectivity index (χ1) is 29.5. The molecule has 17 heteroatoms. The van der Waals surface area contributed by atoms with Gasteiger partial charge in [-0.2, -0.15) is 4.98 Å². The van der Waals surface area contributed by atoms with Crippen molar-refractivity contribution in [2.75, 3.05) is 74.7 Å². The lowest BCUT2D eigenvalue weighted by Gasteiger charge is -2.36. The van der Waals surface area contributed by atoms with Gasteiger partial charge in [-0.05, 0) is 75.9 Å². The van der Waals surface area contributed by atoms with Crippen LogP contribution in [0, 0.1) is 13.8 Å². The number of aromatic nitrogens is 4. The number of piperazine rings is 1. The highest BCUT2D eigenvalue weighted by Gasteiger charge is 2.27. The van der Waals surface area contributed by atoms with Crippen LogP contribution in [-0.4, -0.2) is 118 Å². The number of carbonyl (C=O) groups is 3. The third-order valence-corrected chi connectivity index (χ3v) is 12.9. The van der Waals surface area contributed by atoms with Gasteiger partial charge in [-0.3, -0.25) is 28.7 Å². The van der Waals surface area contributed by atoms with Crippen molar-refractivity contribution < 1.29 is 23.9 Å². The first kappa shape index (κ1) is 43.7. The molecule has 2 atom stereocenters. The Labute approximate surface area is 360 Å². The minimum Gasteiger partial charge on any atom is -0.382 e. The molecule has 61 heavy (non-hydrogen) atoms. The van der Waals surface area contributed by atoms with Crippen LogP contribution in [0.4, 0.5) is 23.1 Å². The highest BCUT2D eigenvalue weighted by Crippen LogP contribution is 2.32. The zero-order valence-corrected chi connectivity index (χ0v) is 36.5. The number of anilines is 4. The fourth-order valence-corrected chi connectivity index (χ4v) is 9.06. The van der Waals surface area contributed by atoms with Crippen molar-refractivity contribution in [1.29, 1.82) is 0 Å². The predicted molar refractivity (Wildman–Crippen MR) is 240 cm³/mol. The van der Waals surface area contributed by atoms with Gasteiger partial charge in [0.1, 0.15) is 11.5 Å². The number of aliphatic imine (C=N–C) groups is 1. The molecule has 2 aliphatic heterocycles. The number of hydrogen-bond donors (Lipinski definition) is 3. The Morgan fingerprint density at radius 2 is 1.66 bits per heavy atom. The van der Waals surface area contributed by atoms with Crippen molar-refractivity contribution in [3.8, 4) is 0 Å². The summed E-state index contributed by atoms with van der Waals surface area (Å²) in [5, 5.41) is 11.2. The summed E-state index contributed by atoms with van der Waals surface area (Å²) < 4.78 is 13.1. The van der Waals surface area contributed by atoms with Crippen LogP contribution in [0.2, 0.25) is 0 Å². The van der Waals surface area contributed by atoms with E-state index in [1.54, 1.807) is 35.6 Å². The lowest BCUT2D eigenvalue weighted by atomic mass is 10.0. The molecule has 3 aliphatic rings. The van der Waals surface area contributed by atoms with Crippen LogP contribution < -0.4 is 26.4 Å². The van der Waals surface area contributed by atoms with E-state index in [9.17, 15) is 19.2 Å². The van der Waals surface area contributed by atoms with Crippen LogP contribution in [0.1, 0.15) is 90.8 Å². The van der Waals surface area contributed by atoms with E-state index in [0.717, 1.165) is 42.6 Å². The third-order valence-electron chi connectivity index (χ3n) is 11.7. The number of amidine groups is 1. The monoisotopic (exact) mass is 852 g/mol. The smallest absolute Gasteiger partial charge is 0.263 e. The van der Waals surface area contributed by atoms with E-state index >= 15 is 0 Å². The highest BCUT2D eigenvalue weighted by molar-refractivity contribution is 8.14. The Bertz CT molecular complexity index is 2320. The molecule has 3 aromatic heterocycles. The number of rotatable bonds is 16. The Balaban J connectivity index is 0.795. The van der Waals surface area contributed by atoms with Crippen LogP contribution in [0.5, 0.6) is 0 Å². The maximum atomic E-state index is 13.6. The van der Waals surface area contributed by atoms with Crippen LogP contribution in [-0.2, 0) is 14.3 Å². The van der Waals surface area contributed by atoms with Gasteiger partial charge in [0.15, 0.2) is 11.0 Å². The summed E-state index contributed by atoms with van der Waals surface area (Å²) >= 11 is 1.58. The van der Waals surface area contributed by atoms with Crippen molar-refractivity contribution >= 4 is 68.7 Å². The molecule has 7 rings (SSSR count). The van der Waals surface area contributed by atoms with Crippen LogP contribution >= 0.6 is 11.8 Å². The minimum atomic E-state index is -0.285. The van der Waals surface area contributed by atoms with Gasteiger partial charge < -0.3 is 35.2 Å². The molecule has 16 nitrogen and oxygen atoms in total. The van der Waals surface area contributed by atoms with Gasteiger partial charge in [0, 0.05) is 66.8 Å². The van der Waals surface area contributed by atoms with Gasteiger partial charge >= 0.3 is 0 Å². The third kappa shape index (κ3) is 10.4. The first-order valence-corrected chi connectivity index (χ1v) is 22.1. The maximum Gasteiger partial charge on any atom is 0.263 e. The molecule has 0 radical (unpaired) electrons. The second-order valence-electron chi connectivity index (χ2n) is 15.8. The van der Waals surface area contributed by atoms with Crippen LogP contribution in [0.25, 0.3) is 11.0 Å². The number of ether oxygens (including phenoxy) is 2. The van der Waals surface area contributed by atoms with E-state index in [1.807, 2.05) is 49.1 Å². The lowest BCUT2D eigenvalue weighted by Crippen LogP contribution is -2.49. The van der Waals surface area contributed by atoms with E-state index in [1.165, 1.54) is 6.92 Å². The highest BCUT2D eigenvalue weighted by atomic mass is 32.2. The number of nitrogens with one attached hydrogen (secondary N) is 3. The summed E-state index contributed by atoms with van der Waals surface area (Å²) in [5.41, 5.74) is 4.35. The number of amides is 2. The summed E-state index contributed by atoms with van der Waals surface area (Å²) in [6.07, 6.45) is 7.58. The van der Waals surface area contributed by atoms with E-state index in [4.69, 9.17) is 14.5 Å². The molecule has 2 fully saturated rings. The van der Waals surface area contributed by atoms with E-state index < -0.39 is 0 Å². The Morgan fingerprint density at radius 1 is 0.902 bits per heavy atom. The molecule has 1 aliphatic carbocycles. The summed E-state index contributed by atoms with van der Waals surface area (Å²) in [4.78, 5) is 74.3. The fraction of sp³-hybridized carbons (Fsp3) is 0.500. The van der Waals surface area contributed by atoms with Gasteiger partial charge in [0.05, 0.1) is 56.3 Å². The number of aryl methyl sites for hydroxylation is 1. The predicted octanol–water partition coefficient (Wildman–Crippen LogP) is 5.66. The molecule has 1 saturated heterocycles. The van der Waals surface area contributed by atoms with Crippen molar-refractivity contribution in [2.45, 2.75) is 84.1 Å². The summed E-state index contributed by atoms with van der Waals surface area (Å²) in [6.45, 7) is 14.0. The molecule has 1 saturated carbocycles. The summed E-state index contributed by atoms with van der Waals surface area (Å²) in [5.74, 6) is 0.530. The minimum absolute atomic E-state index is 0.00140. The molecule has 0 spiro atoms. The van der Waals surface area contributed by atoms with Crippen molar-refractivity contribution in [2.24, 2.45) is 4.99 Å². The van der Waals surface area contributed by atoms with Gasteiger partial charge in [-0.1, -0.05) is 37.6 Å². The zero-order chi connectivity index (χ0) is 43.0. The number of fused-ring (bicyclic) bond motifs is 1. The van der Waals surface area contributed by atoms with E-state index in [-0.39, 0.29) is 40.8 Å². The van der Waals surface area contributed by atoms with Crippen molar-refractivity contribution in [3.05, 3.63) is 75.3 Å². The van der Waals surface area contributed by atoms with Gasteiger partial charge in [-0.25, -0.2) is 9.97 Å². The molecule has 4 aromatic rings. The topological polar surface area (TPSA) is 185 Å². The number of ketones is 1. The number of Topliss-reactive ketones (excluding diaryl/α,β-unsaturated/α-hetero) is 1. The van der Waals surface area contributed by atoms with Crippen LogP contribution in [0.3, 0.4) is 0 Å². The average molecular weight is 853 g/mol. The number of carbonyl (C=O) groups excluding carboxylic acids is 3. The second kappa shape index (κ2) is 20.0. The average Bonchev–Trinajstić information content (AvgIpc) is 3.89. The largest absolute Gasteiger partial charge is 0.382 e. The van der Waals surface area contributed by atoms with Gasteiger partial charge in [0.25, 0.3) is 11.5 Å². The molecule has 1 aromatic carbocycles. The summed E-state index contributed by atoms with van der Waals surface area (Å²) in [6, 6.07) is 9.64. The zero-order valence-electron chi connectivity index (χ0n) is 35.7. The lowest BCUT2D eigenvalue weighted by molar-refractivity contribution is -0.132. The standard InChI is InChI=1S/C44H56N10O6S/c1-27-34(41(57)51-44-48-29(3)31(5)61-44)11-8-12-36(27)45-16-22-60-24-23-59-21-15-38(56)53-19-17-52(18-20-53)33-13-14-37(46-25-33)49-43-47-26-35-28(2)39(30(4)55)42(58)54(40(35)50-43)32-9-6-7-10-32/h8,11-14,25-26,29,31-32,45H,6-7,9-10,15-24H2,1-5H3,(H,48,51,57)(H,46,47,49,50). The maximum absolute atomic E-state index is 13.6. The van der Waals surface area contributed by atoms with E-state index in [2.05, 4.69) is 42.7 Å². The summed E-state index contributed by atoms with van der Waals surface area (Å²) in [7, 11) is 0. The molecule has 5 heterocycles. The van der Waals surface area contributed by atoms with Crippen LogP contribution in [0.15, 0.2) is 52.5 Å². The Kier molecular flexibility index (Phi) is 14.3. The van der Waals surface area contributed by atoms with Gasteiger partial charge in [0.2, 0.25) is 11.9 Å². The number of pyridine rings is 2. The Hall–Kier alpha value is -5.39. The van der Waals surface area contributed by atoms with Crippen molar-refractivity contribution in [1.82, 2.24) is 29.7 Å². The first-order valence-electron chi connectivity index (χ1n) is 21.2. The molecule has 324 valence electrons. The van der Waals surface area contributed by atoms with Crippen molar-refractivity contribution in [3.63, 3.8) is 0 Å². The fourth-order valence-electron chi connectivity index (χ4n) is 8.08. The van der Waals surface area contributed by atoms with E-state index in [0.29, 0.717) is 110 Å². The molecule has 2 unspecified atom stereocenters. The molecule has 2 amide bonds. The number of benzene rings is 1. The molecular formula is C44H56N10O6S. The number of thioether (sulfide) groups is 1. The molecule has 3 N–H and O–H groups in total. The Morgan fingerprint density at radius 3 is 2.34 bits per heavy atom.